The van der Waals surface area contributed by atoms with Crippen LogP contribution in [0.25, 0.3) is 0 Å². The van der Waals surface area contributed by atoms with Crippen molar-refractivity contribution in [2.75, 3.05) is 19.8 Å². The van der Waals surface area contributed by atoms with E-state index in [2.05, 4.69) is 10.3 Å². The van der Waals surface area contributed by atoms with Gasteiger partial charge < -0.3 is 40.7 Å². The van der Waals surface area contributed by atoms with Crippen molar-refractivity contribution >= 4 is 6.02 Å². The Morgan fingerprint density at radius 1 is 1.26 bits per heavy atom. The first kappa shape index (κ1) is 14.4. The minimum atomic E-state index is -1.98. The normalized spacial score (nSPS) is 41.1. The first-order valence-electron chi connectivity index (χ1n) is 5.90. The van der Waals surface area contributed by atoms with Crippen LogP contribution in [0.1, 0.15) is 0 Å². The summed E-state index contributed by atoms with van der Waals surface area (Å²) in [5.41, 5.74) is -1.98. The van der Waals surface area contributed by atoms with E-state index in [1.165, 1.54) is 0 Å². The average Bonchev–Trinajstić information content (AvgIpc) is 2.92. The molecule has 1 fully saturated rings. The summed E-state index contributed by atoms with van der Waals surface area (Å²) in [4.78, 5) is 3.94. The number of ether oxygens (including phenoxy) is 1. The number of amidine groups is 1. The van der Waals surface area contributed by atoms with Crippen LogP contribution in [-0.2, 0) is 4.74 Å². The van der Waals surface area contributed by atoms with E-state index < -0.39 is 42.6 Å². The van der Waals surface area contributed by atoms with Gasteiger partial charge in [-0.15, -0.1) is 0 Å². The molecule has 0 aromatic rings. The maximum Gasteiger partial charge on any atom is 0.285 e. The number of fused-ring (bicyclic) bond motifs is 1. The smallest absolute Gasteiger partial charge is 0.285 e. The molecule has 0 unspecified atom stereocenters. The van der Waals surface area contributed by atoms with Crippen molar-refractivity contribution in [1.29, 1.82) is 0 Å². The van der Waals surface area contributed by atoms with Gasteiger partial charge in [-0.3, -0.25) is 0 Å². The van der Waals surface area contributed by atoms with Crippen LogP contribution >= 0.6 is 0 Å². The first-order valence-corrected chi connectivity index (χ1v) is 5.90. The van der Waals surface area contributed by atoms with Crippen LogP contribution in [0.2, 0.25) is 0 Å². The van der Waals surface area contributed by atoms with Gasteiger partial charge in [0.25, 0.3) is 6.02 Å². The highest BCUT2D eigenvalue weighted by molar-refractivity contribution is 5.76. The van der Waals surface area contributed by atoms with Crippen molar-refractivity contribution < 1.29 is 35.4 Å². The molecule has 7 N–H and O–H groups in total. The molecule has 1 aliphatic carbocycles. The molecule has 1 aliphatic heterocycles. The molecule has 9 nitrogen and oxygen atoms in total. The molecule has 5 atom stereocenters. The third-order valence-electron chi connectivity index (χ3n) is 3.52. The Morgan fingerprint density at radius 3 is 2.42 bits per heavy atom. The molecule has 0 saturated heterocycles. The lowest BCUT2D eigenvalue weighted by molar-refractivity contribution is -0.117. The fourth-order valence-electron chi connectivity index (χ4n) is 2.31. The highest BCUT2D eigenvalue weighted by Crippen LogP contribution is 2.38. The lowest BCUT2D eigenvalue weighted by Gasteiger charge is -2.27. The Kier molecular flexibility index (Phi) is 3.95. The van der Waals surface area contributed by atoms with Crippen molar-refractivity contribution in [3.63, 3.8) is 0 Å². The van der Waals surface area contributed by atoms with Gasteiger partial charge in [-0.25, -0.2) is 4.99 Å². The second-order valence-electron chi connectivity index (χ2n) is 4.75. The van der Waals surface area contributed by atoms with Crippen LogP contribution in [0, 0.1) is 0 Å². The summed E-state index contributed by atoms with van der Waals surface area (Å²) < 4.78 is 5.24. The predicted octanol–water partition coefficient (Wildman–Crippen LogP) is -4.49. The fraction of sp³-hybridized carbons (Fsp3) is 0.900. The van der Waals surface area contributed by atoms with Crippen molar-refractivity contribution in [2.24, 2.45) is 4.99 Å². The molecule has 0 spiro atoms. The molecule has 0 bridgehead atoms. The molecule has 9 heteroatoms. The molecule has 0 amide bonds. The Labute approximate surface area is 108 Å². The van der Waals surface area contributed by atoms with Crippen molar-refractivity contribution in [1.82, 2.24) is 5.32 Å². The number of rotatable bonds is 4. The van der Waals surface area contributed by atoms with Crippen LogP contribution in [0.3, 0.4) is 0 Å². The van der Waals surface area contributed by atoms with Crippen LogP contribution in [-0.4, -0.2) is 92.5 Å². The number of nitrogens with one attached hydrogen (secondary N) is 1. The highest BCUT2D eigenvalue weighted by atomic mass is 16.5. The Morgan fingerprint density at radius 2 is 1.89 bits per heavy atom. The SMILES string of the molecule is OCC(CO)NC1=N[C@@H]2[C@H](O1)[C@@H](O)[C@H](O)[C@]2(O)CO. The number of aliphatic imine (C=N–C) groups is 1. The van der Waals surface area contributed by atoms with Crippen molar-refractivity contribution in [3.8, 4) is 0 Å². The molecule has 110 valence electrons. The molecule has 2 aliphatic rings. The molecule has 19 heavy (non-hydrogen) atoms. The van der Waals surface area contributed by atoms with E-state index in [0.717, 1.165) is 0 Å². The third-order valence-corrected chi connectivity index (χ3v) is 3.52. The first-order chi connectivity index (χ1) is 8.97. The van der Waals surface area contributed by atoms with Gasteiger partial charge in [0.15, 0.2) is 6.10 Å². The summed E-state index contributed by atoms with van der Waals surface area (Å²) in [6.45, 7) is -1.50. The van der Waals surface area contributed by atoms with Gasteiger partial charge in [0.1, 0.15) is 23.9 Å². The summed E-state index contributed by atoms with van der Waals surface area (Å²) in [6.07, 6.45) is -3.95. The number of hydrogen-bond acceptors (Lipinski definition) is 9. The molecule has 0 aromatic carbocycles. The summed E-state index contributed by atoms with van der Waals surface area (Å²) in [6, 6.07) is -1.79. The summed E-state index contributed by atoms with van der Waals surface area (Å²) in [7, 11) is 0. The molecule has 2 rings (SSSR count). The van der Waals surface area contributed by atoms with E-state index in [1.807, 2.05) is 0 Å². The van der Waals surface area contributed by atoms with Gasteiger partial charge in [0.2, 0.25) is 0 Å². The van der Waals surface area contributed by atoms with E-state index in [-0.39, 0.29) is 19.2 Å². The number of aliphatic hydroxyl groups excluding tert-OH is 5. The van der Waals surface area contributed by atoms with Gasteiger partial charge >= 0.3 is 0 Å². The Hall–Kier alpha value is -0.970. The minimum Gasteiger partial charge on any atom is -0.457 e. The monoisotopic (exact) mass is 278 g/mol. The molecule has 0 radical (unpaired) electrons. The second kappa shape index (κ2) is 5.19. The maximum atomic E-state index is 10.1. The largest absolute Gasteiger partial charge is 0.457 e. The zero-order valence-corrected chi connectivity index (χ0v) is 10.0. The average molecular weight is 278 g/mol. The highest BCUT2D eigenvalue weighted by Gasteiger charge is 2.63. The van der Waals surface area contributed by atoms with Gasteiger partial charge in [0.05, 0.1) is 25.9 Å². The molecular weight excluding hydrogens is 260 g/mol. The second-order valence-corrected chi connectivity index (χ2v) is 4.75. The number of aliphatic hydroxyl groups is 6. The zero-order valence-electron chi connectivity index (χ0n) is 10.0. The maximum absolute atomic E-state index is 10.1. The predicted molar refractivity (Wildman–Crippen MR) is 61.2 cm³/mol. The van der Waals surface area contributed by atoms with Gasteiger partial charge in [-0.1, -0.05) is 0 Å². The lowest BCUT2D eigenvalue weighted by Crippen LogP contribution is -2.51. The standard InChI is InChI=1S/C10H18N2O7/c13-1-4(2-14)11-9-12-7-6(19-9)5(16)8(17)10(7,18)3-15/h4-8,13-18H,1-3H2,(H,11,12)/t5-,6-,7-,8+,10+/m1/s1. The molecule has 1 saturated carbocycles. The number of nitrogens with zero attached hydrogens (tertiary/aromatic N) is 1. The van der Waals surface area contributed by atoms with E-state index >= 15 is 0 Å². The van der Waals surface area contributed by atoms with E-state index in [9.17, 15) is 20.4 Å². The van der Waals surface area contributed by atoms with Crippen LogP contribution in [0.4, 0.5) is 0 Å². The summed E-state index contributed by atoms with van der Waals surface area (Å²) >= 11 is 0. The fourth-order valence-corrected chi connectivity index (χ4v) is 2.31. The minimum absolute atomic E-state index is 0.0686. The van der Waals surface area contributed by atoms with Crippen molar-refractivity contribution in [2.45, 2.75) is 36.0 Å². The zero-order chi connectivity index (χ0) is 14.2. The summed E-state index contributed by atoms with van der Waals surface area (Å²) in [5, 5.41) is 59.1. The lowest BCUT2D eigenvalue weighted by atomic mass is 9.97. The molecule has 1 heterocycles. The molecule has 0 aromatic heterocycles. The Balaban J connectivity index is 2.14. The summed E-state index contributed by atoms with van der Waals surface area (Å²) in [5.74, 6) is 0. The quantitative estimate of drug-likeness (QED) is 0.271. The number of hydrogen-bond donors (Lipinski definition) is 7. The van der Waals surface area contributed by atoms with E-state index in [4.69, 9.17) is 14.9 Å². The van der Waals surface area contributed by atoms with Crippen LogP contribution in [0.15, 0.2) is 4.99 Å². The van der Waals surface area contributed by atoms with Crippen molar-refractivity contribution in [3.05, 3.63) is 0 Å². The van der Waals surface area contributed by atoms with Gasteiger partial charge in [-0.2, -0.15) is 0 Å². The van der Waals surface area contributed by atoms with Gasteiger partial charge in [0, 0.05) is 0 Å². The Bertz CT molecular complexity index is 362. The van der Waals surface area contributed by atoms with Crippen LogP contribution in [0.5, 0.6) is 0 Å². The topological polar surface area (TPSA) is 155 Å². The molecular formula is C10H18N2O7. The van der Waals surface area contributed by atoms with E-state index in [1.54, 1.807) is 0 Å². The third kappa shape index (κ3) is 2.18. The van der Waals surface area contributed by atoms with Crippen LogP contribution < -0.4 is 5.32 Å². The van der Waals surface area contributed by atoms with Gasteiger partial charge in [-0.05, 0) is 0 Å². The van der Waals surface area contributed by atoms with E-state index in [0.29, 0.717) is 0 Å².